The second-order valence-electron chi connectivity index (χ2n) is 3.30. The van der Waals surface area contributed by atoms with E-state index in [0.29, 0.717) is 18.1 Å². The molecule has 0 fully saturated rings. The minimum atomic E-state index is -1.23. The molecule has 0 N–H and O–H groups in total. The van der Waals surface area contributed by atoms with E-state index in [0.717, 1.165) is 6.08 Å². The van der Waals surface area contributed by atoms with Crippen molar-refractivity contribution in [1.82, 2.24) is 0 Å². The van der Waals surface area contributed by atoms with Gasteiger partial charge in [-0.1, -0.05) is 27.0 Å². The molecule has 5 heteroatoms. The van der Waals surface area contributed by atoms with E-state index in [1.165, 1.54) is 0 Å². The van der Waals surface area contributed by atoms with Gasteiger partial charge in [0.2, 0.25) is 0 Å². The number of carbonyl (C=O) groups excluding carboxylic acids is 2. The van der Waals surface area contributed by atoms with Gasteiger partial charge in [-0.2, -0.15) is 0 Å². The maximum atomic E-state index is 10.7. The van der Waals surface area contributed by atoms with Gasteiger partial charge in [-0.3, -0.25) is 0 Å². The van der Waals surface area contributed by atoms with Gasteiger partial charge in [0.15, 0.2) is 0 Å². The predicted molar refractivity (Wildman–Crippen MR) is 55.8 cm³/mol. The van der Waals surface area contributed by atoms with Crippen LogP contribution >= 0.6 is 0 Å². The molecule has 0 aromatic heterocycles. The molecular formula is C11H17NaO4. The summed E-state index contributed by atoms with van der Waals surface area (Å²) in [5, 5.41) is 9.14. The topological polar surface area (TPSA) is 66.4 Å². The minimum Gasteiger partial charge on any atom is -0.545 e. The predicted octanol–water partition coefficient (Wildman–Crippen LogP) is -2.31. The van der Waals surface area contributed by atoms with E-state index in [4.69, 9.17) is 14.6 Å². The maximum absolute atomic E-state index is 10.7. The van der Waals surface area contributed by atoms with Crippen LogP contribution < -0.4 is 34.7 Å². The molecule has 0 atom stereocenters. The SMILES string of the molecule is C=C(C)C(=O)OCC(C)C.C=CC(=O)[O-].[Na+]. The number of carboxylic acids is 1. The molecule has 0 unspecified atom stereocenters. The molecule has 0 amide bonds. The van der Waals surface area contributed by atoms with Crippen molar-refractivity contribution in [1.29, 1.82) is 0 Å². The average molecular weight is 236 g/mol. The van der Waals surface area contributed by atoms with Gasteiger partial charge in [0.1, 0.15) is 0 Å². The zero-order valence-electron chi connectivity index (χ0n) is 10.4. The van der Waals surface area contributed by atoms with Gasteiger partial charge in [-0.15, -0.1) is 0 Å². The summed E-state index contributed by atoms with van der Waals surface area (Å²) < 4.78 is 4.83. The molecule has 16 heavy (non-hydrogen) atoms. The van der Waals surface area contributed by atoms with E-state index in [-0.39, 0.29) is 35.5 Å². The molecule has 0 aliphatic rings. The Kier molecular flexibility index (Phi) is 16.2. The van der Waals surface area contributed by atoms with Crippen LogP contribution in [-0.4, -0.2) is 18.5 Å². The van der Waals surface area contributed by atoms with Crippen LogP contribution in [0.5, 0.6) is 0 Å². The van der Waals surface area contributed by atoms with Gasteiger partial charge < -0.3 is 14.6 Å². The molecule has 0 spiro atoms. The van der Waals surface area contributed by atoms with Crippen molar-refractivity contribution in [2.45, 2.75) is 20.8 Å². The fraction of sp³-hybridized carbons (Fsp3) is 0.455. The molecule has 4 nitrogen and oxygen atoms in total. The molecule has 0 aromatic rings. The van der Waals surface area contributed by atoms with Gasteiger partial charge in [0, 0.05) is 5.57 Å². The minimum absolute atomic E-state index is 0. The molecular weight excluding hydrogens is 219 g/mol. The fourth-order valence-corrected chi connectivity index (χ4v) is 0.366. The molecule has 0 saturated heterocycles. The Morgan fingerprint density at radius 3 is 2.00 bits per heavy atom. The molecule has 0 rings (SSSR count). The quantitative estimate of drug-likeness (QED) is 0.312. The summed E-state index contributed by atoms with van der Waals surface area (Å²) in [6, 6.07) is 0. The summed E-state index contributed by atoms with van der Waals surface area (Å²) in [5.41, 5.74) is 0.459. The summed E-state index contributed by atoms with van der Waals surface area (Å²) in [7, 11) is 0. The number of rotatable bonds is 4. The van der Waals surface area contributed by atoms with Gasteiger partial charge in [0.25, 0.3) is 0 Å². The largest absolute Gasteiger partial charge is 1.00 e. The van der Waals surface area contributed by atoms with Crippen molar-refractivity contribution in [2.75, 3.05) is 6.61 Å². The molecule has 0 saturated carbocycles. The third-order valence-corrected chi connectivity index (χ3v) is 1.06. The fourth-order valence-electron chi connectivity index (χ4n) is 0.366. The van der Waals surface area contributed by atoms with Gasteiger partial charge in [-0.05, 0) is 18.9 Å². The number of hydrogen-bond donors (Lipinski definition) is 0. The van der Waals surface area contributed by atoms with Gasteiger partial charge in [-0.25, -0.2) is 4.79 Å². The summed E-state index contributed by atoms with van der Waals surface area (Å²) in [5.74, 6) is -1.14. The zero-order valence-corrected chi connectivity index (χ0v) is 12.4. The molecule has 86 valence electrons. The first-order valence-electron chi connectivity index (χ1n) is 4.47. The van der Waals surface area contributed by atoms with Gasteiger partial charge >= 0.3 is 35.5 Å². The van der Waals surface area contributed by atoms with Crippen molar-refractivity contribution in [3.63, 3.8) is 0 Å². The van der Waals surface area contributed by atoms with Crippen LogP contribution in [0.2, 0.25) is 0 Å². The first kappa shape index (κ1) is 20.8. The second-order valence-corrected chi connectivity index (χ2v) is 3.30. The van der Waals surface area contributed by atoms with E-state index in [1.807, 2.05) is 13.8 Å². The van der Waals surface area contributed by atoms with Crippen molar-refractivity contribution in [2.24, 2.45) is 5.92 Å². The number of ether oxygens (including phenoxy) is 1. The maximum Gasteiger partial charge on any atom is 1.00 e. The number of hydrogen-bond acceptors (Lipinski definition) is 4. The van der Waals surface area contributed by atoms with Crippen LogP contribution in [0.25, 0.3) is 0 Å². The Morgan fingerprint density at radius 1 is 1.44 bits per heavy atom. The van der Waals surface area contributed by atoms with Crippen LogP contribution in [0.15, 0.2) is 24.8 Å². The zero-order chi connectivity index (χ0) is 12.4. The number of carbonyl (C=O) groups is 2. The smallest absolute Gasteiger partial charge is 0.545 e. The van der Waals surface area contributed by atoms with Crippen LogP contribution in [0, 0.1) is 5.92 Å². The van der Waals surface area contributed by atoms with Crippen molar-refractivity contribution in [3.05, 3.63) is 24.8 Å². The Bertz CT molecular complexity index is 246. The van der Waals surface area contributed by atoms with Crippen LogP contribution in [0.3, 0.4) is 0 Å². The first-order chi connectivity index (χ1) is 6.81. The summed E-state index contributed by atoms with van der Waals surface area (Å²) in [4.78, 5) is 19.9. The van der Waals surface area contributed by atoms with E-state index in [2.05, 4.69) is 13.2 Å². The average Bonchev–Trinajstić information content (AvgIpc) is 2.14. The molecule has 0 aliphatic carbocycles. The monoisotopic (exact) mass is 236 g/mol. The van der Waals surface area contributed by atoms with Crippen molar-refractivity contribution < 1.29 is 49.0 Å². The number of carboxylic acid groups (broad SMARTS) is 1. The van der Waals surface area contributed by atoms with Crippen molar-refractivity contribution >= 4 is 11.9 Å². The molecule has 0 heterocycles. The summed E-state index contributed by atoms with van der Waals surface area (Å²) in [6.07, 6.45) is 0.722. The molecule has 0 radical (unpaired) electrons. The Balaban J connectivity index is -0.000000242. The van der Waals surface area contributed by atoms with Crippen molar-refractivity contribution in [3.8, 4) is 0 Å². The Hall–Kier alpha value is -0.580. The Morgan fingerprint density at radius 2 is 1.81 bits per heavy atom. The van der Waals surface area contributed by atoms with Crippen LogP contribution in [0.1, 0.15) is 20.8 Å². The summed E-state index contributed by atoms with van der Waals surface area (Å²) >= 11 is 0. The number of aliphatic carboxylic acids is 1. The first-order valence-corrected chi connectivity index (χ1v) is 4.47. The van der Waals surface area contributed by atoms with E-state index in [1.54, 1.807) is 6.92 Å². The summed E-state index contributed by atoms with van der Waals surface area (Å²) in [6.45, 7) is 12.5. The normalized spacial score (nSPS) is 8.00. The standard InChI is InChI=1S/C8H14O2.C3H4O2.Na/c1-6(2)5-10-8(9)7(3)4;1-2-3(4)5;/h6H,3,5H2,1-2,4H3;2H,1H2,(H,4,5);/q;;+1/p-1. The molecule has 0 aromatic carbocycles. The van der Waals surface area contributed by atoms with Crippen LogP contribution in [0.4, 0.5) is 0 Å². The van der Waals surface area contributed by atoms with E-state index < -0.39 is 5.97 Å². The molecule has 0 aliphatic heterocycles. The van der Waals surface area contributed by atoms with E-state index >= 15 is 0 Å². The third-order valence-electron chi connectivity index (χ3n) is 1.06. The van der Waals surface area contributed by atoms with Crippen LogP contribution in [-0.2, 0) is 14.3 Å². The second kappa shape index (κ2) is 12.5. The third kappa shape index (κ3) is 19.1. The van der Waals surface area contributed by atoms with E-state index in [9.17, 15) is 4.79 Å². The number of esters is 1. The van der Waals surface area contributed by atoms with Gasteiger partial charge in [0.05, 0.1) is 12.6 Å². The molecule has 0 bridgehead atoms. The Labute approximate surface area is 119 Å².